The third-order valence-corrected chi connectivity index (χ3v) is 7.31. The number of fused-ring (bicyclic) bond motifs is 3. The second-order valence-corrected chi connectivity index (χ2v) is 8.95. The molecule has 31 heavy (non-hydrogen) atoms. The Morgan fingerprint density at radius 2 is 1.13 bits per heavy atom. The smallest absolute Gasteiger partial charge is 0.131 e. The summed E-state index contributed by atoms with van der Waals surface area (Å²) in [5, 5.41) is 15.8. The van der Waals surface area contributed by atoms with E-state index in [2.05, 4.69) is 83.1 Å². The summed E-state index contributed by atoms with van der Waals surface area (Å²) >= 11 is 0. The van der Waals surface area contributed by atoms with Gasteiger partial charge in [-0.3, -0.25) is 0 Å². The molecule has 1 aliphatic rings. The summed E-state index contributed by atoms with van der Waals surface area (Å²) in [7, 11) is 0. The maximum Gasteiger partial charge on any atom is 0.131 e. The molecular formula is C30H28O. The molecule has 0 aliphatic heterocycles. The Hall–Kier alpha value is -3.32. The molecule has 0 fully saturated rings. The fourth-order valence-corrected chi connectivity index (χ4v) is 5.35. The molecule has 4 aromatic rings. The Morgan fingerprint density at radius 3 is 1.74 bits per heavy atom. The number of hydrogen-bond acceptors (Lipinski definition) is 1. The number of benzene rings is 4. The number of allylic oxidation sites excluding steroid dienone is 4. The van der Waals surface area contributed by atoms with Gasteiger partial charge in [0.05, 0.1) is 0 Å². The second-order valence-electron chi connectivity index (χ2n) is 8.95. The Balaban J connectivity index is 1.92. The lowest BCUT2D eigenvalue weighted by Gasteiger charge is -2.23. The zero-order valence-electron chi connectivity index (χ0n) is 18.9. The van der Waals surface area contributed by atoms with Gasteiger partial charge in [-0.05, 0) is 73.1 Å². The van der Waals surface area contributed by atoms with E-state index in [9.17, 15) is 5.11 Å². The van der Waals surface area contributed by atoms with Gasteiger partial charge in [0.25, 0.3) is 0 Å². The van der Waals surface area contributed by atoms with E-state index in [0.717, 1.165) is 27.3 Å². The van der Waals surface area contributed by atoms with Crippen molar-refractivity contribution in [1.82, 2.24) is 0 Å². The molecule has 1 heteroatoms. The van der Waals surface area contributed by atoms with Gasteiger partial charge in [-0.1, -0.05) is 83.4 Å². The number of aryl methyl sites for hydroxylation is 1. The van der Waals surface area contributed by atoms with Crippen molar-refractivity contribution in [3.05, 3.63) is 100 Å². The summed E-state index contributed by atoms with van der Waals surface area (Å²) < 4.78 is 0. The van der Waals surface area contributed by atoms with Gasteiger partial charge in [-0.15, -0.1) is 0 Å². The van der Waals surface area contributed by atoms with Crippen LogP contribution in [0.1, 0.15) is 44.7 Å². The molecule has 1 N–H and O–H groups in total. The molecule has 0 aromatic heterocycles. The van der Waals surface area contributed by atoms with Gasteiger partial charge in [-0.25, -0.2) is 0 Å². The molecule has 0 unspecified atom stereocenters. The van der Waals surface area contributed by atoms with Gasteiger partial charge in [-0.2, -0.15) is 0 Å². The molecule has 4 aromatic carbocycles. The molecule has 5 rings (SSSR count). The lowest BCUT2D eigenvalue weighted by molar-refractivity contribution is 0.484. The summed E-state index contributed by atoms with van der Waals surface area (Å²) in [6.45, 7) is 11.1. The first kappa shape index (κ1) is 19.6. The molecule has 1 nitrogen and oxygen atoms in total. The van der Waals surface area contributed by atoms with Crippen LogP contribution in [-0.2, 0) is 0 Å². The minimum atomic E-state index is 0.250. The van der Waals surface area contributed by atoms with Gasteiger partial charge >= 0.3 is 0 Å². The quantitative estimate of drug-likeness (QED) is 0.332. The van der Waals surface area contributed by atoms with Gasteiger partial charge in [0.1, 0.15) is 5.75 Å². The van der Waals surface area contributed by atoms with E-state index in [1.165, 1.54) is 38.8 Å². The van der Waals surface area contributed by atoms with Crippen LogP contribution in [0.15, 0.2) is 89.0 Å². The first-order valence-corrected chi connectivity index (χ1v) is 11.0. The number of hydrogen-bond donors (Lipinski definition) is 1. The van der Waals surface area contributed by atoms with Crippen LogP contribution in [0.25, 0.3) is 32.7 Å². The Morgan fingerprint density at radius 1 is 0.613 bits per heavy atom. The zero-order chi connectivity index (χ0) is 21.9. The monoisotopic (exact) mass is 404 g/mol. The lowest BCUT2D eigenvalue weighted by Crippen LogP contribution is -2.03. The van der Waals surface area contributed by atoms with E-state index in [4.69, 9.17) is 0 Å². The van der Waals surface area contributed by atoms with Crippen molar-refractivity contribution in [1.29, 1.82) is 0 Å². The third-order valence-electron chi connectivity index (χ3n) is 7.31. The second kappa shape index (κ2) is 7.13. The minimum absolute atomic E-state index is 0.250. The average molecular weight is 405 g/mol. The van der Waals surface area contributed by atoms with Crippen molar-refractivity contribution in [3.63, 3.8) is 0 Å². The highest BCUT2D eigenvalue weighted by molar-refractivity contribution is 6.17. The van der Waals surface area contributed by atoms with Crippen LogP contribution in [0.3, 0.4) is 0 Å². The molecule has 154 valence electrons. The topological polar surface area (TPSA) is 20.2 Å². The van der Waals surface area contributed by atoms with Gasteiger partial charge in [0.2, 0.25) is 0 Å². The molecule has 0 saturated carbocycles. The molecule has 0 atom stereocenters. The Kier molecular flexibility index (Phi) is 4.51. The predicted molar refractivity (Wildman–Crippen MR) is 133 cm³/mol. The normalized spacial score (nSPS) is 15.0. The Labute approximate surface area is 184 Å². The number of aromatic hydroxyl groups is 1. The summed E-state index contributed by atoms with van der Waals surface area (Å²) in [4.78, 5) is 0. The largest absolute Gasteiger partial charge is 0.507 e. The van der Waals surface area contributed by atoms with Crippen LogP contribution in [0.2, 0.25) is 0 Å². The van der Waals surface area contributed by atoms with Crippen molar-refractivity contribution in [2.75, 3.05) is 0 Å². The third kappa shape index (κ3) is 2.84. The van der Waals surface area contributed by atoms with E-state index < -0.39 is 0 Å². The van der Waals surface area contributed by atoms with Crippen molar-refractivity contribution in [2.45, 2.75) is 40.5 Å². The standard InChI is InChI=1S/C30H28O/c1-17-14-15-25(28-20(4)18(2)19(3)21(28)5)27(16-17)29-24-12-8-6-10-22(24)23-11-7-9-13-26(23)30(29)31/h6-16,28,31H,1-5H3. The van der Waals surface area contributed by atoms with Crippen LogP contribution < -0.4 is 0 Å². The fourth-order valence-electron chi connectivity index (χ4n) is 5.35. The van der Waals surface area contributed by atoms with Crippen LogP contribution in [-0.4, -0.2) is 5.11 Å². The number of phenols is 1. The van der Waals surface area contributed by atoms with E-state index >= 15 is 0 Å². The fraction of sp³-hybridized carbons (Fsp3) is 0.200. The summed E-state index contributed by atoms with van der Waals surface area (Å²) in [5.41, 5.74) is 10.1. The first-order valence-electron chi connectivity index (χ1n) is 11.0. The predicted octanol–water partition coefficient (Wildman–Crippen LogP) is 8.44. The summed E-state index contributed by atoms with van der Waals surface area (Å²) in [6, 6.07) is 23.3. The van der Waals surface area contributed by atoms with Crippen molar-refractivity contribution < 1.29 is 5.11 Å². The SMILES string of the molecule is CC1=C(C)C(c2ccc(C)cc2-c2c(O)c3ccccc3c3ccccc23)C(C)=C1C. The van der Waals surface area contributed by atoms with E-state index in [1.807, 2.05) is 18.2 Å². The summed E-state index contributed by atoms with van der Waals surface area (Å²) in [5.74, 6) is 0.621. The summed E-state index contributed by atoms with van der Waals surface area (Å²) in [6.07, 6.45) is 0. The van der Waals surface area contributed by atoms with Crippen LogP contribution in [0, 0.1) is 6.92 Å². The minimum Gasteiger partial charge on any atom is -0.507 e. The lowest BCUT2D eigenvalue weighted by atomic mass is 9.81. The maximum atomic E-state index is 11.6. The highest BCUT2D eigenvalue weighted by Crippen LogP contribution is 2.50. The Bertz CT molecular complexity index is 1410. The molecule has 0 saturated heterocycles. The van der Waals surface area contributed by atoms with E-state index in [0.29, 0.717) is 5.75 Å². The van der Waals surface area contributed by atoms with E-state index in [1.54, 1.807) is 0 Å². The highest BCUT2D eigenvalue weighted by Gasteiger charge is 2.29. The van der Waals surface area contributed by atoms with Crippen molar-refractivity contribution in [2.24, 2.45) is 0 Å². The molecule has 0 heterocycles. The molecular weight excluding hydrogens is 376 g/mol. The highest BCUT2D eigenvalue weighted by atomic mass is 16.3. The van der Waals surface area contributed by atoms with Crippen molar-refractivity contribution in [3.8, 4) is 16.9 Å². The molecule has 0 spiro atoms. The molecule has 0 amide bonds. The van der Waals surface area contributed by atoms with Crippen LogP contribution >= 0.6 is 0 Å². The van der Waals surface area contributed by atoms with Crippen LogP contribution in [0.4, 0.5) is 0 Å². The van der Waals surface area contributed by atoms with Crippen molar-refractivity contribution >= 4 is 21.5 Å². The van der Waals surface area contributed by atoms with E-state index in [-0.39, 0.29) is 5.92 Å². The van der Waals surface area contributed by atoms with Crippen LogP contribution in [0.5, 0.6) is 5.75 Å². The van der Waals surface area contributed by atoms with Gasteiger partial charge in [0, 0.05) is 16.9 Å². The average Bonchev–Trinajstić information content (AvgIpc) is 2.97. The molecule has 0 radical (unpaired) electrons. The number of rotatable bonds is 2. The van der Waals surface area contributed by atoms with Gasteiger partial charge in [0.15, 0.2) is 0 Å². The van der Waals surface area contributed by atoms with Gasteiger partial charge < -0.3 is 5.11 Å². The number of phenolic OH excluding ortho intramolecular Hbond substituents is 1. The molecule has 1 aliphatic carbocycles. The first-order chi connectivity index (χ1) is 14.9. The molecule has 0 bridgehead atoms. The zero-order valence-corrected chi connectivity index (χ0v) is 18.9. The maximum absolute atomic E-state index is 11.6.